The zero-order valence-electron chi connectivity index (χ0n) is 19.6. The largest absolute Gasteiger partial charge is 0.497 e. The Hall–Kier alpha value is -4.52. The van der Waals surface area contributed by atoms with Gasteiger partial charge in [-0.15, -0.1) is 0 Å². The lowest BCUT2D eigenvalue weighted by Crippen LogP contribution is -2.10. The average molecular weight is 539 g/mol. The lowest BCUT2D eigenvalue weighted by atomic mass is 10.1. The van der Waals surface area contributed by atoms with Crippen LogP contribution < -0.4 is 14.2 Å². The number of carbonyl (C=O) groups is 2. The molecule has 0 heterocycles. The van der Waals surface area contributed by atoms with Crippen molar-refractivity contribution in [1.29, 1.82) is 0 Å². The number of carbonyl (C=O) groups excluding carboxylic acids is 2. The molecule has 3 rings (SSSR count). The van der Waals surface area contributed by atoms with E-state index in [1.165, 1.54) is 6.08 Å². The van der Waals surface area contributed by atoms with Crippen molar-refractivity contribution in [3.8, 4) is 28.4 Å². The molecule has 0 fully saturated rings. The van der Waals surface area contributed by atoms with Gasteiger partial charge >= 0.3 is 11.9 Å². The maximum absolute atomic E-state index is 11.9. The number of rotatable bonds is 11. The highest BCUT2D eigenvalue weighted by molar-refractivity contribution is 5.87. The molecule has 0 radical (unpaired) electrons. The summed E-state index contributed by atoms with van der Waals surface area (Å²) in [6.45, 7) is 4.70. The van der Waals surface area contributed by atoms with Crippen LogP contribution in [0.1, 0.15) is 42.2 Å². The van der Waals surface area contributed by atoms with Crippen LogP contribution >= 0.6 is 0 Å². The number of ether oxygens (including phenoxy) is 5. The predicted molar refractivity (Wildman–Crippen MR) is 159 cm³/mol. The summed E-state index contributed by atoms with van der Waals surface area (Å²) in [7, 11) is 1.60. The molecule has 0 N–H and O–H groups in total. The van der Waals surface area contributed by atoms with Gasteiger partial charge in [0, 0.05) is 11.6 Å². The summed E-state index contributed by atoms with van der Waals surface area (Å²) < 4.78 is 26.0. The maximum Gasteiger partial charge on any atom is 0.335 e. The second kappa shape index (κ2) is 18.7. The molecule has 0 bridgehead atoms. The van der Waals surface area contributed by atoms with Crippen LogP contribution in [0.15, 0.2) is 91.0 Å². The van der Waals surface area contributed by atoms with Gasteiger partial charge < -0.3 is 23.7 Å². The van der Waals surface area contributed by atoms with Gasteiger partial charge in [0.1, 0.15) is 17.2 Å². The molecular weight excluding hydrogens is 496 g/mol. The fraction of sp³-hybridized carbons (Fsp3) is 0.250. The van der Waals surface area contributed by atoms with Crippen LogP contribution in [0.5, 0.6) is 17.2 Å². The second-order valence-electron chi connectivity index (χ2n) is 7.36. The van der Waals surface area contributed by atoms with E-state index in [0.717, 1.165) is 22.4 Å². The van der Waals surface area contributed by atoms with Crippen LogP contribution in [0.4, 0.5) is 0 Å². The minimum absolute atomic E-state index is 0. The van der Waals surface area contributed by atoms with E-state index in [4.69, 9.17) is 23.7 Å². The molecular formula is C32H42O7. The van der Waals surface area contributed by atoms with Crippen LogP contribution in [0, 0.1) is 0 Å². The summed E-state index contributed by atoms with van der Waals surface area (Å²) in [5, 5.41) is 0. The summed E-state index contributed by atoms with van der Waals surface area (Å²) in [4.78, 5) is 23.2. The Balaban J connectivity index is 0. The first-order valence-electron chi connectivity index (χ1n) is 10.7. The Bertz CT molecular complexity index is 1160. The molecule has 0 amide bonds. The monoisotopic (exact) mass is 538 g/mol. The van der Waals surface area contributed by atoms with E-state index in [1.807, 2.05) is 48.5 Å². The molecule has 39 heavy (non-hydrogen) atoms. The molecule has 0 aliphatic heterocycles. The van der Waals surface area contributed by atoms with Crippen LogP contribution in [-0.4, -0.2) is 32.6 Å². The van der Waals surface area contributed by atoms with E-state index in [0.29, 0.717) is 17.1 Å². The summed E-state index contributed by atoms with van der Waals surface area (Å²) >= 11 is 0. The molecule has 0 atom stereocenters. The van der Waals surface area contributed by atoms with Crippen molar-refractivity contribution < 1.29 is 33.3 Å². The third-order valence-electron chi connectivity index (χ3n) is 4.76. The first-order chi connectivity index (χ1) is 16.9. The normalized spacial score (nSPS) is 9.38. The quantitative estimate of drug-likeness (QED) is 0.139. The Morgan fingerprint density at radius 2 is 1.13 bits per heavy atom. The van der Waals surface area contributed by atoms with Gasteiger partial charge in [0.25, 0.3) is 0 Å². The van der Waals surface area contributed by atoms with Crippen molar-refractivity contribution in [2.45, 2.75) is 36.6 Å². The number of benzene rings is 3. The molecule has 0 aliphatic rings. The smallest absolute Gasteiger partial charge is 0.335 e. The Labute approximate surface area is 233 Å². The topological polar surface area (TPSA) is 80.3 Å². The minimum Gasteiger partial charge on any atom is -0.497 e. The third-order valence-corrected chi connectivity index (χ3v) is 4.76. The van der Waals surface area contributed by atoms with Crippen LogP contribution in [-0.2, 0) is 19.1 Å². The van der Waals surface area contributed by atoms with Gasteiger partial charge in [-0.2, -0.15) is 0 Å². The lowest BCUT2D eigenvalue weighted by Gasteiger charge is -2.09. The van der Waals surface area contributed by atoms with E-state index < -0.39 is 11.9 Å². The molecule has 0 unspecified atom stereocenters. The van der Waals surface area contributed by atoms with Crippen molar-refractivity contribution in [2.24, 2.45) is 0 Å². The zero-order chi connectivity index (χ0) is 25.0. The summed E-state index contributed by atoms with van der Waals surface area (Å²) in [6, 6.07) is 22.0. The number of hydrogen-bond acceptors (Lipinski definition) is 7. The van der Waals surface area contributed by atoms with Crippen molar-refractivity contribution in [2.75, 3.05) is 20.7 Å². The van der Waals surface area contributed by atoms with Crippen molar-refractivity contribution in [1.82, 2.24) is 0 Å². The van der Waals surface area contributed by atoms with Gasteiger partial charge in [-0.3, -0.25) is 0 Å². The number of methoxy groups -OCH3 is 1. The first-order valence-corrected chi connectivity index (χ1v) is 10.7. The van der Waals surface area contributed by atoms with Gasteiger partial charge in [-0.1, -0.05) is 72.7 Å². The highest BCUT2D eigenvalue weighted by Gasteiger charge is 2.04. The fourth-order valence-electron chi connectivity index (χ4n) is 2.84. The average Bonchev–Trinajstić information content (AvgIpc) is 2.88. The van der Waals surface area contributed by atoms with Gasteiger partial charge in [0.2, 0.25) is 13.6 Å². The molecule has 7 nitrogen and oxygen atoms in total. The predicted octanol–water partition coefficient (Wildman–Crippen LogP) is 7.96. The molecule has 0 aromatic heterocycles. The molecule has 0 aliphatic carbocycles. The highest BCUT2D eigenvalue weighted by atomic mass is 16.7. The van der Waals surface area contributed by atoms with E-state index in [9.17, 15) is 9.59 Å². The van der Waals surface area contributed by atoms with Gasteiger partial charge in [0.15, 0.2) is 0 Å². The molecule has 212 valence electrons. The van der Waals surface area contributed by atoms with Crippen LogP contribution in [0.3, 0.4) is 0 Å². The van der Waals surface area contributed by atoms with Gasteiger partial charge in [0.05, 0.1) is 7.11 Å². The van der Waals surface area contributed by atoms with Crippen molar-refractivity contribution in [3.05, 3.63) is 96.6 Å². The van der Waals surface area contributed by atoms with E-state index >= 15 is 0 Å². The lowest BCUT2D eigenvalue weighted by molar-refractivity contribution is -0.145. The molecule has 3 aromatic carbocycles. The summed E-state index contributed by atoms with van der Waals surface area (Å²) in [6.07, 6.45) is 2.99. The fourth-order valence-corrected chi connectivity index (χ4v) is 2.84. The highest BCUT2D eigenvalue weighted by Crippen LogP contribution is 2.24. The molecule has 3 aromatic rings. The second-order valence-corrected chi connectivity index (χ2v) is 7.36. The first kappa shape index (κ1) is 36.6. The Kier molecular flexibility index (Phi) is 17.6. The number of hydrogen-bond donors (Lipinski definition) is 0. The van der Waals surface area contributed by atoms with Crippen molar-refractivity contribution >= 4 is 18.0 Å². The third kappa shape index (κ3) is 12.0. The Morgan fingerprint density at radius 1 is 0.692 bits per heavy atom. The molecule has 0 spiro atoms. The minimum atomic E-state index is -0.505. The zero-order valence-corrected chi connectivity index (χ0v) is 19.6. The van der Waals surface area contributed by atoms with E-state index in [2.05, 4.69) is 6.58 Å². The standard InChI is InChI=1S/C28H26O7.4CH4/c1-20(2)28(30)35-19-33-26-15-9-23(10-16-26)22-7-13-25(14-8-22)32-18-34-27(29)17-6-21-4-11-24(31-3)12-5-21;;;;/h4-17H,1,18-19H2,2-3H3;4*1H4. The van der Waals surface area contributed by atoms with Crippen LogP contribution in [0.25, 0.3) is 17.2 Å². The van der Waals surface area contributed by atoms with Gasteiger partial charge in [-0.05, 0) is 66.1 Å². The van der Waals surface area contributed by atoms with E-state index in [-0.39, 0.29) is 43.3 Å². The van der Waals surface area contributed by atoms with Gasteiger partial charge in [-0.25, -0.2) is 9.59 Å². The van der Waals surface area contributed by atoms with Crippen LogP contribution in [0.2, 0.25) is 0 Å². The molecule has 0 saturated carbocycles. The molecule has 7 heteroatoms. The van der Waals surface area contributed by atoms with Crippen molar-refractivity contribution in [3.63, 3.8) is 0 Å². The molecule has 0 saturated heterocycles. The summed E-state index contributed by atoms with van der Waals surface area (Å²) in [5.74, 6) is 0.887. The Morgan fingerprint density at radius 3 is 1.56 bits per heavy atom. The van der Waals surface area contributed by atoms with E-state index in [1.54, 1.807) is 44.4 Å². The SMILES string of the molecule is C.C.C.C.C=C(C)C(=O)OCOc1ccc(-c2ccc(OCOC(=O)C=Cc3ccc(OC)cc3)cc2)cc1. The number of esters is 2. The maximum atomic E-state index is 11.9. The summed E-state index contributed by atoms with van der Waals surface area (Å²) in [5.41, 5.74) is 3.11.